The third-order valence-corrected chi connectivity index (χ3v) is 5.92. The Labute approximate surface area is 181 Å². The Hall–Kier alpha value is -3.41. The van der Waals surface area contributed by atoms with Gasteiger partial charge in [-0.05, 0) is 25.5 Å². The molecule has 0 radical (unpaired) electrons. The number of anilines is 1. The third kappa shape index (κ3) is 3.22. The summed E-state index contributed by atoms with van der Waals surface area (Å²) in [6.07, 6.45) is -0.466. The predicted octanol–water partition coefficient (Wildman–Crippen LogP) is 0.326. The maximum Gasteiger partial charge on any atom is 0.328 e. The number of hydrogen-bond donors (Lipinski definition) is 3. The lowest BCUT2D eigenvalue weighted by molar-refractivity contribution is -0.153. The molecule has 5 amide bonds. The van der Waals surface area contributed by atoms with Crippen molar-refractivity contribution < 1.29 is 32.7 Å². The second kappa shape index (κ2) is 7.62. The molecule has 3 N–H and O–H groups in total. The highest BCUT2D eigenvalue weighted by Gasteiger charge is 2.63. The number of carbonyl (C=O) groups excluding carboxylic acids is 4. The standard InChI is InChI=1S/C20H21F2N5O5/c1-8-7-27-15-11(4-12(13(21)14(15)22)6-23-26-10(3)28)5-20(16(27)9(2)32-8)17(29)24-19(31)25-18(20)30/h4,6,8-9,16H,5,7H2,1-3H3,(H,26,28)(H2,24,25,29,30,31)/t8-,9+,16-/m1/s1. The molecule has 0 aromatic heterocycles. The second-order valence-corrected chi connectivity index (χ2v) is 8.16. The van der Waals surface area contributed by atoms with Gasteiger partial charge in [-0.25, -0.2) is 19.0 Å². The van der Waals surface area contributed by atoms with Gasteiger partial charge in [0, 0.05) is 25.5 Å². The number of amides is 5. The first kappa shape index (κ1) is 21.8. The van der Waals surface area contributed by atoms with Crippen LogP contribution in [0.2, 0.25) is 0 Å². The topological polar surface area (TPSA) is 129 Å². The molecule has 0 aliphatic carbocycles. The first-order valence-corrected chi connectivity index (χ1v) is 9.95. The van der Waals surface area contributed by atoms with Gasteiger partial charge in [0.1, 0.15) is 0 Å². The van der Waals surface area contributed by atoms with Crippen molar-refractivity contribution in [3.8, 4) is 0 Å². The van der Waals surface area contributed by atoms with E-state index in [1.165, 1.54) is 17.9 Å². The van der Waals surface area contributed by atoms with Crippen molar-refractivity contribution >= 4 is 35.7 Å². The van der Waals surface area contributed by atoms with Gasteiger partial charge in [0.2, 0.25) is 17.7 Å². The first-order valence-electron chi connectivity index (χ1n) is 9.95. The molecule has 4 rings (SSSR count). The zero-order valence-corrected chi connectivity index (χ0v) is 17.5. The Kier molecular flexibility index (Phi) is 5.19. The largest absolute Gasteiger partial charge is 0.372 e. The summed E-state index contributed by atoms with van der Waals surface area (Å²) < 4.78 is 36.0. The van der Waals surface area contributed by atoms with E-state index in [0.717, 1.165) is 6.21 Å². The van der Waals surface area contributed by atoms with Crippen LogP contribution >= 0.6 is 0 Å². The summed E-state index contributed by atoms with van der Waals surface area (Å²) in [5.41, 5.74) is 0.132. The second-order valence-electron chi connectivity index (χ2n) is 8.16. The Morgan fingerprint density at radius 3 is 2.53 bits per heavy atom. The monoisotopic (exact) mass is 449 g/mol. The minimum Gasteiger partial charge on any atom is -0.372 e. The quantitative estimate of drug-likeness (QED) is 0.339. The molecule has 12 heteroatoms. The van der Waals surface area contributed by atoms with Gasteiger partial charge in [-0.2, -0.15) is 5.10 Å². The van der Waals surface area contributed by atoms with E-state index < -0.39 is 59.1 Å². The number of imide groups is 2. The molecular weight excluding hydrogens is 428 g/mol. The lowest BCUT2D eigenvalue weighted by Crippen LogP contribution is -2.75. The minimum absolute atomic E-state index is 0.0747. The van der Waals surface area contributed by atoms with E-state index in [9.17, 15) is 23.6 Å². The number of morpholine rings is 1. The van der Waals surface area contributed by atoms with Gasteiger partial charge >= 0.3 is 6.03 Å². The van der Waals surface area contributed by atoms with Crippen LogP contribution in [0.5, 0.6) is 0 Å². The molecule has 3 aliphatic rings. The molecular formula is C20H21F2N5O5. The number of urea groups is 1. The number of benzene rings is 1. The Morgan fingerprint density at radius 2 is 1.91 bits per heavy atom. The summed E-state index contributed by atoms with van der Waals surface area (Å²) in [7, 11) is 0. The summed E-state index contributed by atoms with van der Waals surface area (Å²) in [5, 5.41) is 7.81. The molecule has 2 fully saturated rings. The molecule has 10 nitrogen and oxygen atoms in total. The maximum atomic E-state index is 15.3. The third-order valence-electron chi connectivity index (χ3n) is 5.92. The van der Waals surface area contributed by atoms with Crippen LogP contribution in [-0.4, -0.2) is 54.8 Å². The van der Waals surface area contributed by atoms with Crippen molar-refractivity contribution in [3.63, 3.8) is 0 Å². The molecule has 0 saturated carbocycles. The van der Waals surface area contributed by atoms with Crippen molar-refractivity contribution in [1.29, 1.82) is 0 Å². The fourth-order valence-corrected chi connectivity index (χ4v) is 4.85. The average Bonchev–Trinajstić information content (AvgIpc) is 2.68. The van der Waals surface area contributed by atoms with Gasteiger partial charge in [0.05, 0.1) is 30.2 Å². The average molecular weight is 449 g/mol. The highest BCUT2D eigenvalue weighted by molar-refractivity contribution is 6.20. The van der Waals surface area contributed by atoms with Crippen LogP contribution in [0.1, 0.15) is 31.9 Å². The van der Waals surface area contributed by atoms with Crippen LogP contribution in [0, 0.1) is 17.0 Å². The number of halogens is 2. The van der Waals surface area contributed by atoms with Crippen molar-refractivity contribution in [1.82, 2.24) is 16.1 Å². The minimum atomic E-state index is -1.81. The van der Waals surface area contributed by atoms with E-state index in [1.807, 2.05) is 0 Å². The summed E-state index contributed by atoms with van der Waals surface area (Å²) in [5.74, 6) is -4.53. The summed E-state index contributed by atoms with van der Waals surface area (Å²) in [4.78, 5) is 50.3. The van der Waals surface area contributed by atoms with Gasteiger partial charge in [-0.3, -0.25) is 25.0 Å². The molecule has 0 bridgehead atoms. The van der Waals surface area contributed by atoms with Crippen molar-refractivity contribution in [3.05, 3.63) is 28.8 Å². The SMILES string of the molecule is CC(=O)NN=Cc1cc2c(c(F)c1F)N1C[C@@H](C)O[C@@H](C)[C@@H]1C1(C2)C(=O)NC(=O)NC1=O. The maximum absolute atomic E-state index is 15.3. The highest BCUT2D eigenvalue weighted by atomic mass is 19.2. The molecule has 2 saturated heterocycles. The highest BCUT2D eigenvalue weighted by Crippen LogP contribution is 2.48. The normalized spacial score (nSPS) is 26.5. The van der Waals surface area contributed by atoms with E-state index in [2.05, 4.69) is 21.2 Å². The van der Waals surface area contributed by atoms with Gasteiger partial charge in [-0.15, -0.1) is 0 Å². The van der Waals surface area contributed by atoms with Crippen molar-refractivity contribution in [2.75, 3.05) is 11.4 Å². The molecule has 0 unspecified atom stereocenters. The summed E-state index contributed by atoms with van der Waals surface area (Å²) >= 11 is 0. The molecule has 32 heavy (non-hydrogen) atoms. The molecule has 1 aromatic carbocycles. The molecule has 3 heterocycles. The molecule has 3 atom stereocenters. The van der Waals surface area contributed by atoms with Crippen LogP contribution in [0.15, 0.2) is 11.2 Å². The number of barbiturate groups is 1. The molecule has 3 aliphatic heterocycles. The number of ether oxygens (including phenoxy) is 1. The number of hydrazone groups is 1. The first-order chi connectivity index (χ1) is 15.1. The predicted molar refractivity (Wildman–Crippen MR) is 107 cm³/mol. The van der Waals surface area contributed by atoms with Gasteiger partial charge in [-0.1, -0.05) is 0 Å². The van der Waals surface area contributed by atoms with Crippen LogP contribution < -0.4 is 21.0 Å². The molecule has 1 aromatic rings. The number of rotatable bonds is 2. The Morgan fingerprint density at radius 1 is 1.25 bits per heavy atom. The zero-order valence-electron chi connectivity index (χ0n) is 17.5. The van der Waals surface area contributed by atoms with E-state index >= 15 is 4.39 Å². The van der Waals surface area contributed by atoms with Crippen LogP contribution in [0.25, 0.3) is 0 Å². The number of carbonyl (C=O) groups is 4. The Bertz CT molecular complexity index is 1050. The fourth-order valence-electron chi connectivity index (χ4n) is 4.85. The van der Waals surface area contributed by atoms with Crippen molar-refractivity contribution in [2.24, 2.45) is 10.5 Å². The van der Waals surface area contributed by atoms with Crippen LogP contribution in [0.3, 0.4) is 0 Å². The summed E-state index contributed by atoms with van der Waals surface area (Å²) in [6, 6.07) is -0.653. The fraction of sp³-hybridized carbons (Fsp3) is 0.450. The Balaban J connectivity index is 1.90. The number of hydrogen-bond acceptors (Lipinski definition) is 7. The summed E-state index contributed by atoms with van der Waals surface area (Å²) in [6.45, 7) is 4.67. The van der Waals surface area contributed by atoms with E-state index in [1.54, 1.807) is 13.8 Å². The van der Waals surface area contributed by atoms with Gasteiger partial charge in [0.25, 0.3) is 0 Å². The van der Waals surface area contributed by atoms with Gasteiger partial charge < -0.3 is 9.64 Å². The zero-order chi connectivity index (χ0) is 23.4. The van der Waals surface area contributed by atoms with Gasteiger partial charge in [0.15, 0.2) is 17.0 Å². The smallest absolute Gasteiger partial charge is 0.328 e. The molecule has 170 valence electrons. The number of fused-ring (bicyclic) bond motifs is 4. The van der Waals surface area contributed by atoms with Crippen LogP contribution in [-0.2, 0) is 25.5 Å². The lowest BCUT2D eigenvalue weighted by Gasteiger charge is -2.55. The van der Waals surface area contributed by atoms with E-state index in [0.29, 0.717) is 0 Å². The van der Waals surface area contributed by atoms with Crippen LogP contribution in [0.4, 0.5) is 19.3 Å². The van der Waals surface area contributed by atoms with E-state index in [-0.39, 0.29) is 29.8 Å². The van der Waals surface area contributed by atoms with E-state index in [4.69, 9.17) is 4.74 Å². The van der Waals surface area contributed by atoms with Crippen molar-refractivity contribution in [2.45, 2.75) is 45.4 Å². The number of nitrogens with zero attached hydrogens (tertiary/aromatic N) is 2. The molecule has 1 spiro atoms. The lowest BCUT2D eigenvalue weighted by atomic mass is 9.66. The number of nitrogens with one attached hydrogen (secondary N) is 3.